The minimum Gasteiger partial charge on any atom is -0.262 e. The topological polar surface area (TPSA) is 6.25 Å². The van der Waals surface area contributed by atoms with Gasteiger partial charge in [0, 0.05) is 6.92 Å². The van der Waals surface area contributed by atoms with Crippen LogP contribution >= 0.6 is 0 Å². The molecule has 0 saturated carbocycles. The van der Waals surface area contributed by atoms with E-state index in [0.29, 0.717) is 12.1 Å². The van der Waals surface area contributed by atoms with E-state index < -0.39 is 0 Å². The SMILES string of the molecule is C.C=CN1C(C)=[N+](C)C(C)C1C. The maximum Gasteiger partial charge on any atom is 0.248 e. The molecule has 0 radical (unpaired) electrons. The first-order chi connectivity index (χ1) is 5.09. The van der Waals surface area contributed by atoms with Crippen molar-refractivity contribution in [3.8, 4) is 0 Å². The highest BCUT2D eigenvalue weighted by Crippen LogP contribution is 2.15. The molecule has 70 valence electrons. The van der Waals surface area contributed by atoms with Gasteiger partial charge in [0.05, 0.1) is 13.2 Å². The van der Waals surface area contributed by atoms with E-state index >= 15 is 0 Å². The average Bonchev–Trinajstić information content (AvgIpc) is 2.17. The van der Waals surface area contributed by atoms with Crippen molar-refractivity contribution < 1.29 is 4.58 Å². The first kappa shape index (κ1) is 11.2. The van der Waals surface area contributed by atoms with E-state index in [-0.39, 0.29) is 7.43 Å². The number of likely N-dealkylation sites (N-methyl/N-ethyl adjacent to an activating group) is 1. The minimum atomic E-state index is 0. The van der Waals surface area contributed by atoms with Gasteiger partial charge in [-0.3, -0.25) is 4.58 Å². The number of amidine groups is 1. The lowest BCUT2D eigenvalue weighted by Gasteiger charge is -2.12. The molecule has 0 amide bonds. The van der Waals surface area contributed by atoms with Crippen LogP contribution in [0.1, 0.15) is 28.2 Å². The van der Waals surface area contributed by atoms with Gasteiger partial charge in [-0.15, -0.1) is 0 Å². The van der Waals surface area contributed by atoms with Crippen molar-refractivity contribution in [1.29, 1.82) is 0 Å². The van der Waals surface area contributed by atoms with Gasteiger partial charge in [0.15, 0.2) is 0 Å². The van der Waals surface area contributed by atoms with E-state index in [4.69, 9.17) is 0 Å². The Kier molecular flexibility index (Phi) is 3.50. The summed E-state index contributed by atoms with van der Waals surface area (Å²) in [5.74, 6) is 1.29. The van der Waals surface area contributed by atoms with Gasteiger partial charge in [-0.25, -0.2) is 4.90 Å². The third-order valence-corrected chi connectivity index (χ3v) is 2.83. The molecule has 1 heterocycles. The number of rotatable bonds is 1. The summed E-state index contributed by atoms with van der Waals surface area (Å²) in [7, 11) is 2.12. The van der Waals surface area contributed by atoms with E-state index in [1.54, 1.807) is 0 Å². The summed E-state index contributed by atoms with van der Waals surface area (Å²) < 4.78 is 2.28. The molecule has 1 aliphatic heterocycles. The summed E-state index contributed by atoms with van der Waals surface area (Å²) in [5.41, 5.74) is 0. The molecular formula is C10H21N2+. The van der Waals surface area contributed by atoms with Gasteiger partial charge in [-0.2, -0.15) is 0 Å². The molecule has 0 fully saturated rings. The number of nitrogens with zero attached hydrogens (tertiary/aromatic N) is 2. The molecule has 0 bridgehead atoms. The van der Waals surface area contributed by atoms with Crippen LogP contribution in [0.25, 0.3) is 0 Å². The fraction of sp³-hybridized carbons (Fsp3) is 0.700. The third-order valence-electron chi connectivity index (χ3n) is 2.83. The molecule has 2 nitrogen and oxygen atoms in total. The Balaban J connectivity index is 0.00000121. The summed E-state index contributed by atoms with van der Waals surface area (Å²) in [6.07, 6.45) is 1.90. The van der Waals surface area contributed by atoms with Gasteiger partial charge in [0.1, 0.15) is 12.1 Å². The van der Waals surface area contributed by atoms with Crippen LogP contribution in [0.4, 0.5) is 0 Å². The molecule has 0 N–H and O–H groups in total. The van der Waals surface area contributed by atoms with E-state index in [1.807, 2.05) is 6.20 Å². The van der Waals surface area contributed by atoms with Gasteiger partial charge < -0.3 is 0 Å². The highest BCUT2D eigenvalue weighted by Gasteiger charge is 2.36. The van der Waals surface area contributed by atoms with Crippen molar-refractivity contribution in [1.82, 2.24) is 4.90 Å². The second-order valence-corrected chi connectivity index (χ2v) is 3.23. The smallest absolute Gasteiger partial charge is 0.248 e. The molecule has 12 heavy (non-hydrogen) atoms. The van der Waals surface area contributed by atoms with Crippen molar-refractivity contribution in [2.75, 3.05) is 7.05 Å². The third kappa shape index (κ3) is 1.38. The number of hydrogen-bond acceptors (Lipinski definition) is 1. The van der Waals surface area contributed by atoms with Gasteiger partial charge in [-0.1, -0.05) is 14.0 Å². The largest absolute Gasteiger partial charge is 0.262 e. The van der Waals surface area contributed by atoms with Crippen LogP contribution in [0.5, 0.6) is 0 Å². The predicted molar refractivity (Wildman–Crippen MR) is 54.6 cm³/mol. The van der Waals surface area contributed by atoms with Gasteiger partial charge in [0.25, 0.3) is 0 Å². The van der Waals surface area contributed by atoms with Crippen LogP contribution in [0.2, 0.25) is 0 Å². The monoisotopic (exact) mass is 169 g/mol. The van der Waals surface area contributed by atoms with Crippen LogP contribution in [-0.4, -0.2) is 34.4 Å². The Labute approximate surface area is 76.2 Å². The van der Waals surface area contributed by atoms with Crippen molar-refractivity contribution in [3.05, 3.63) is 12.8 Å². The first-order valence-electron chi connectivity index (χ1n) is 4.07. The quantitative estimate of drug-likeness (QED) is 0.544. The van der Waals surface area contributed by atoms with E-state index in [2.05, 4.69) is 43.9 Å². The molecule has 1 rings (SSSR count). The van der Waals surface area contributed by atoms with Gasteiger partial charge in [0.2, 0.25) is 5.84 Å². The van der Waals surface area contributed by atoms with Crippen LogP contribution in [0, 0.1) is 0 Å². The standard InChI is InChI=1S/C9H17N2.CH4/c1-6-11-8(3)7(2)10(5)9(11)4;/h6-8H,1H2,2-5H3;1H4/q+1;. The summed E-state index contributed by atoms with van der Waals surface area (Å²) in [4.78, 5) is 2.21. The summed E-state index contributed by atoms with van der Waals surface area (Å²) in [6, 6.07) is 1.14. The zero-order valence-electron chi connectivity index (χ0n) is 7.83. The van der Waals surface area contributed by atoms with Crippen LogP contribution in [0.3, 0.4) is 0 Å². The molecule has 2 unspecified atom stereocenters. The molecule has 0 spiro atoms. The van der Waals surface area contributed by atoms with Crippen LogP contribution in [-0.2, 0) is 0 Å². The summed E-state index contributed by atoms with van der Waals surface area (Å²) in [6.45, 7) is 10.4. The second-order valence-electron chi connectivity index (χ2n) is 3.23. The minimum absolute atomic E-state index is 0. The lowest BCUT2D eigenvalue weighted by Crippen LogP contribution is -2.31. The molecule has 0 saturated heterocycles. The maximum atomic E-state index is 3.79. The molecule has 1 aliphatic rings. The van der Waals surface area contributed by atoms with Crippen molar-refractivity contribution >= 4 is 5.84 Å². The first-order valence-corrected chi connectivity index (χ1v) is 4.07. The normalized spacial score (nSPS) is 28.8. The zero-order valence-corrected chi connectivity index (χ0v) is 7.83. The van der Waals surface area contributed by atoms with Crippen molar-refractivity contribution in [2.24, 2.45) is 0 Å². The molecule has 0 aromatic rings. The Morgan fingerprint density at radius 1 is 1.50 bits per heavy atom. The predicted octanol–water partition coefficient (Wildman–Crippen LogP) is 1.92. The fourth-order valence-corrected chi connectivity index (χ4v) is 1.63. The van der Waals surface area contributed by atoms with E-state index in [0.717, 1.165) is 0 Å². The van der Waals surface area contributed by atoms with Crippen molar-refractivity contribution in [2.45, 2.75) is 40.3 Å². The Morgan fingerprint density at radius 3 is 2.17 bits per heavy atom. The lowest BCUT2D eigenvalue weighted by molar-refractivity contribution is -0.527. The fourth-order valence-electron chi connectivity index (χ4n) is 1.63. The second kappa shape index (κ2) is 3.74. The Hall–Kier alpha value is -0.790. The highest BCUT2D eigenvalue weighted by atomic mass is 15.3. The number of hydrogen-bond donors (Lipinski definition) is 0. The van der Waals surface area contributed by atoms with Crippen LogP contribution in [0.15, 0.2) is 12.8 Å². The average molecular weight is 169 g/mol. The summed E-state index contributed by atoms with van der Waals surface area (Å²) in [5, 5.41) is 0. The molecule has 2 heteroatoms. The molecule has 0 aromatic heterocycles. The van der Waals surface area contributed by atoms with Crippen LogP contribution < -0.4 is 0 Å². The van der Waals surface area contributed by atoms with E-state index in [1.165, 1.54) is 5.84 Å². The highest BCUT2D eigenvalue weighted by molar-refractivity contribution is 5.77. The van der Waals surface area contributed by atoms with Gasteiger partial charge in [-0.05, 0) is 13.8 Å². The molecular weight excluding hydrogens is 148 g/mol. The molecule has 0 aromatic carbocycles. The molecule has 2 atom stereocenters. The van der Waals surface area contributed by atoms with Gasteiger partial charge >= 0.3 is 0 Å². The van der Waals surface area contributed by atoms with Crippen molar-refractivity contribution in [3.63, 3.8) is 0 Å². The molecule has 0 aliphatic carbocycles. The zero-order chi connectivity index (χ0) is 8.59. The Morgan fingerprint density at radius 2 is 2.00 bits per heavy atom. The summed E-state index contributed by atoms with van der Waals surface area (Å²) >= 11 is 0. The maximum absolute atomic E-state index is 3.79. The Bertz CT molecular complexity index is 206. The lowest BCUT2D eigenvalue weighted by atomic mass is 10.2. The van der Waals surface area contributed by atoms with E-state index in [9.17, 15) is 0 Å².